The van der Waals surface area contributed by atoms with Crippen molar-refractivity contribution in [2.45, 2.75) is 13.8 Å². The first-order chi connectivity index (χ1) is 10.5. The van der Waals surface area contributed by atoms with Crippen LogP contribution in [-0.2, 0) is 7.05 Å². The van der Waals surface area contributed by atoms with Crippen LogP contribution in [0.5, 0.6) is 0 Å². The van der Waals surface area contributed by atoms with Gasteiger partial charge in [0.25, 0.3) is 0 Å². The molecule has 0 bridgehead atoms. The molecule has 5 nitrogen and oxygen atoms in total. The lowest BCUT2D eigenvalue weighted by Crippen LogP contribution is -2.24. The van der Waals surface area contributed by atoms with Gasteiger partial charge in [0.1, 0.15) is 11.8 Å². The molecule has 0 saturated carbocycles. The molecule has 2 aromatic rings. The third-order valence-corrected chi connectivity index (χ3v) is 3.65. The van der Waals surface area contributed by atoms with Crippen LogP contribution in [0.25, 0.3) is 0 Å². The first-order valence-electron chi connectivity index (χ1n) is 6.75. The fourth-order valence-electron chi connectivity index (χ4n) is 1.98. The molecule has 0 radical (unpaired) electrons. The van der Waals surface area contributed by atoms with Gasteiger partial charge in [0.2, 0.25) is 0 Å². The Hall–Kier alpha value is -2.65. The van der Waals surface area contributed by atoms with Crippen LogP contribution in [0, 0.1) is 25.2 Å². The highest BCUT2D eigenvalue weighted by atomic mass is 32.1. The van der Waals surface area contributed by atoms with Crippen molar-refractivity contribution < 1.29 is 0 Å². The second-order valence-corrected chi connectivity index (χ2v) is 5.29. The summed E-state index contributed by atoms with van der Waals surface area (Å²) in [7, 11) is 1.85. The molecule has 112 valence electrons. The number of rotatable bonds is 3. The maximum atomic E-state index is 9.00. The van der Waals surface area contributed by atoms with Crippen molar-refractivity contribution in [1.82, 2.24) is 9.99 Å². The van der Waals surface area contributed by atoms with Crippen LogP contribution in [-0.4, -0.2) is 15.9 Å². The molecule has 6 heteroatoms. The summed E-state index contributed by atoms with van der Waals surface area (Å²) in [4.78, 5) is 0. The minimum atomic E-state index is 0.416. The number of thiocarbonyl (C=S) groups is 1. The van der Waals surface area contributed by atoms with E-state index in [2.05, 4.69) is 21.9 Å². The second kappa shape index (κ2) is 6.87. The summed E-state index contributed by atoms with van der Waals surface area (Å²) in [5.74, 6) is 0. The predicted octanol–water partition coefficient (Wildman–Crippen LogP) is 2.83. The zero-order chi connectivity index (χ0) is 16.1. The summed E-state index contributed by atoms with van der Waals surface area (Å²) in [6, 6.07) is 11.8. The molecule has 0 aliphatic heterocycles. The number of benzene rings is 1. The number of anilines is 1. The number of aromatic nitrogens is 1. The SMILES string of the molecule is Cc1ccccc1NC(=S)N/N=C\c1cc(C#N)n(C)c1C. The second-order valence-electron chi connectivity index (χ2n) is 4.88. The van der Waals surface area contributed by atoms with Crippen LogP contribution in [0.4, 0.5) is 5.69 Å². The Morgan fingerprint density at radius 2 is 2.09 bits per heavy atom. The molecule has 1 aromatic carbocycles. The predicted molar refractivity (Wildman–Crippen MR) is 93.0 cm³/mol. The molecule has 0 saturated heterocycles. The third kappa shape index (κ3) is 3.51. The van der Waals surface area contributed by atoms with Gasteiger partial charge in [0, 0.05) is 24.0 Å². The van der Waals surface area contributed by atoms with Crippen LogP contribution < -0.4 is 10.7 Å². The van der Waals surface area contributed by atoms with Gasteiger partial charge in [-0.15, -0.1) is 0 Å². The first-order valence-corrected chi connectivity index (χ1v) is 7.16. The van der Waals surface area contributed by atoms with Gasteiger partial charge in [-0.25, -0.2) is 0 Å². The van der Waals surface area contributed by atoms with Gasteiger partial charge in [-0.2, -0.15) is 10.4 Å². The van der Waals surface area contributed by atoms with Gasteiger partial charge >= 0.3 is 0 Å². The highest BCUT2D eigenvalue weighted by molar-refractivity contribution is 7.80. The lowest BCUT2D eigenvalue weighted by atomic mass is 10.2. The molecule has 0 amide bonds. The Labute approximate surface area is 135 Å². The van der Waals surface area contributed by atoms with E-state index >= 15 is 0 Å². The quantitative estimate of drug-likeness (QED) is 0.520. The van der Waals surface area contributed by atoms with E-state index < -0.39 is 0 Å². The summed E-state index contributed by atoms with van der Waals surface area (Å²) in [6.07, 6.45) is 1.65. The monoisotopic (exact) mass is 311 g/mol. The fraction of sp³-hybridized carbons (Fsp3) is 0.188. The molecule has 2 rings (SSSR count). The van der Waals surface area contributed by atoms with E-state index in [0.29, 0.717) is 10.8 Å². The van der Waals surface area contributed by atoms with Gasteiger partial charge in [-0.1, -0.05) is 18.2 Å². The van der Waals surface area contributed by atoms with Crippen LogP contribution in [0.2, 0.25) is 0 Å². The molecular formula is C16H17N5S. The number of hydrazone groups is 1. The van der Waals surface area contributed by atoms with E-state index in [9.17, 15) is 0 Å². The standard InChI is InChI=1S/C16H17N5S/c1-11-6-4-5-7-15(11)19-16(22)20-18-10-13-8-14(9-17)21(3)12(13)2/h4-8,10H,1-3H3,(H2,19,20,22)/b18-10-. The number of nitriles is 1. The van der Waals surface area contributed by atoms with E-state index in [0.717, 1.165) is 22.5 Å². The Morgan fingerprint density at radius 3 is 2.73 bits per heavy atom. The summed E-state index contributed by atoms with van der Waals surface area (Å²) >= 11 is 5.20. The lowest BCUT2D eigenvalue weighted by molar-refractivity contribution is 0.865. The molecule has 0 spiro atoms. The molecule has 22 heavy (non-hydrogen) atoms. The molecule has 1 heterocycles. The Morgan fingerprint density at radius 1 is 1.36 bits per heavy atom. The molecule has 1 aromatic heterocycles. The average Bonchev–Trinajstić information content (AvgIpc) is 2.77. The number of nitrogens with zero attached hydrogens (tertiary/aromatic N) is 3. The largest absolute Gasteiger partial charge is 0.339 e. The molecule has 0 unspecified atom stereocenters. The van der Waals surface area contributed by atoms with Gasteiger partial charge in [0.05, 0.1) is 6.21 Å². The number of aryl methyl sites for hydroxylation is 1. The minimum absolute atomic E-state index is 0.416. The summed E-state index contributed by atoms with van der Waals surface area (Å²) in [6.45, 7) is 3.94. The van der Waals surface area contributed by atoms with Crippen molar-refractivity contribution >= 4 is 29.2 Å². The van der Waals surface area contributed by atoms with Crippen molar-refractivity contribution in [2.75, 3.05) is 5.32 Å². The van der Waals surface area contributed by atoms with Gasteiger partial charge in [0.15, 0.2) is 5.11 Å². The van der Waals surface area contributed by atoms with Crippen LogP contribution in [0.15, 0.2) is 35.4 Å². The highest BCUT2D eigenvalue weighted by Crippen LogP contribution is 2.13. The molecule has 2 N–H and O–H groups in total. The zero-order valence-corrected chi connectivity index (χ0v) is 13.5. The minimum Gasteiger partial charge on any atom is -0.339 e. The summed E-state index contributed by atoms with van der Waals surface area (Å²) in [5.41, 5.74) is 7.27. The Bertz CT molecular complexity index is 767. The van der Waals surface area contributed by atoms with Crippen LogP contribution in [0.1, 0.15) is 22.5 Å². The Kier molecular flexibility index (Phi) is 4.92. The number of hydrogen-bond donors (Lipinski definition) is 2. The number of para-hydroxylation sites is 1. The van der Waals surface area contributed by atoms with Crippen molar-refractivity contribution in [3.8, 4) is 6.07 Å². The van der Waals surface area contributed by atoms with Crippen molar-refractivity contribution in [1.29, 1.82) is 5.26 Å². The maximum absolute atomic E-state index is 9.00. The summed E-state index contributed by atoms with van der Waals surface area (Å²) < 4.78 is 1.82. The van der Waals surface area contributed by atoms with E-state index in [1.165, 1.54) is 0 Å². The molecule has 0 fully saturated rings. The van der Waals surface area contributed by atoms with E-state index in [1.807, 2.05) is 49.7 Å². The van der Waals surface area contributed by atoms with Crippen molar-refractivity contribution in [3.05, 3.63) is 52.8 Å². The Balaban J connectivity index is 2.00. The normalized spacial score (nSPS) is 10.5. The third-order valence-electron chi connectivity index (χ3n) is 3.45. The topological polar surface area (TPSA) is 65.1 Å². The van der Waals surface area contributed by atoms with E-state index in [1.54, 1.807) is 12.3 Å². The molecule has 0 atom stereocenters. The summed E-state index contributed by atoms with van der Waals surface area (Å²) in [5, 5.41) is 16.6. The highest BCUT2D eigenvalue weighted by Gasteiger charge is 2.06. The van der Waals surface area contributed by atoms with Crippen LogP contribution in [0.3, 0.4) is 0 Å². The number of nitrogens with one attached hydrogen (secondary N) is 2. The molecule has 0 aliphatic carbocycles. The molecular weight excluding hydrogens is 294 g/mol. The van der Waals surface area contributed by atoms with Crippen molar-refractivity contribution in [3.63, 3.8) is 0 Å². The van der Waals surface area contributed by atoms with Gasteiger partial charge < -0.3 is 9.88 Å². The lowest BCUT2D eigenvalue weighted by Gasteiger charge is -2.09. The average molecular weight is 311 g/mol. The van der Waals surface area contributed by atoms with Crippen molar-refractivity contribution in [2.24, 2.45) is 12.1 Å². The molecule has 0 aliphatic rings. The van der Waals surface area contributed by atoms with E-state index in [-0.39, 0.29) is 0 Å². The van der Waals surface area contributed by atoms with Gasteiger partial charge in [-0.05, 0) is 43.8 Å². The van der Waals surface area contributed by atoms with E-state index in [4.69, 9.17) is 17.5 Å². The zero-order valence-electron chi connectivity index (χ0n) is 12.7. The van der Waals surface area contributed by atoms with Gasteiger partial charge in [-0.3, -0.25) is 5.43 Å². The maximum Gasteiger partial charge on any atom is 0.191 e. The smallest absolute Gasteiger partial charge is 0.191 e. The first kappa shape index (κ1) is 15.7. The fourth-order valence-corrected chi connectivity index (χ4v) is 2.15. The number of hydrogen-bond acceptors (Lipinski definition) is 3. The van der Waals surface area contributed by atoms with Crippen LogP contribution >= 0.6 is 12.2 Å².